The van der Waals surface area contributed by atoms with E-state index >= 15 is 0 Å². The summed E-state index contributed by atoms with van der Waals surface area (Å²) in [6.45, 7) is 1.71. The maximum Gasteiger partial charge on any atom is 0.182 e. The van der Waals surface area contributed by atoms with E-state index in [9.17, 15) is 15.0 Å². The summed E-state index contributed by atoms with van der Waals surface area (Å²) in [4.78, 5) is 13.7. The van der Waals surface area contributed by atoms with Gasteiger partial charge < -0.3 is 10.2 Å². The van der Waals surface area contributed by atoms with Crippen LogP contribution in [0.3, 0.4) is 0 Å². The smallest absolute Gasteiger partial charge is 0.182 e. The first kappa shape index (κ1) is 18.4. The Balaban J connectivity index is 1.84. The molecule has 0 fully saturated rings. The molecule has 3 aromatic carbocycles. The van der Waals surface area contributed by atoms with Gasteiger partial charge in [-0.15, -0.1) is 11.3 Å². The maximum absolute atomic E-state index is 13.4. The number of hydrogen-bond acceptors (Lipinski definition) is 4. The number of rotatable bonds is 5. The summed E-state index contributed by atoms with van der Waals surface area (Å²) in [6, 6.07) is 25.8. The van der Waals surface area contributed by atoms with Crippen molar-refractivity contribution in [2.24, 2.45) is 5.92 Å². The van der Waals surface area contributed by atoms with E-state index in [1.807, 2.05) is 78.9 Å². The van der Waals surface area contributed by atoms with Crippen molar-refractivity contribution in [1.82, 2.24) is 0 Å². The zero-order valence-electron chi connectivity index (χ0n) is 15.4. The van der Waals surface area contributed by atoms with Crippen LogP contribution in [0.5, 0.6) is 5.75 Å². The Labute approximate surface area is 167 Å². The summed E-state index contributed by atoms with van der Waals surface area (Å²) in [5.41, 5.74) is -0.229. The van der Waals surface area contributed by atoms with Crippen molar-refractivity contribution < 1.29 is 15.0 Å². The second kappa shape index (κ2) is 7.23. The van der Waals surface area contributed by atoms with Crippen LogP contribution in [0.4, 0.5) is 0 Å². The Morgan fingerprint density at radius 3 is 1.89 bits per heavy atom. The van der Waals surface area contributed by atoms with Crippen molar-refractivity contribution >= 4 is 27.2 Å². The summed E-state index contributed by atoms with van der Waals surface area (Å²) in [5, 5.41) is 23.1. The van der Waals surface area contributed by atoms with Gasteiger partial charge >= 0.3 is 0 Å². The summed E-state index contributed by atoms with van der Waals surface area (Å²) >= 11 is 1.26. The fourth-order valence-electron chi connectivity index (χ4n) is 3.64. The first-order valence-corrected chi connectivity index (χ1v) is 9.93. The fraction of sp³-hybridized carbons (Fsp3) is 0.125. The zero-order chi connectivity index (χ0) is 19.7. The van der Waals surface area contributed by atoms with Gasteiger partial charge in [0.25, 0.3) is 0 Å². The Kier molecular flexibility index (Phi) is 4.75. The number of carbonyl (C=O) groups excluding carboxylic acids is 1. The lowest BCUT2D eigenvalue weighted by atomic mass is 9.75. The van der Waals surface area contributed by atoms with Gasteiger partial charge in [-0.05, 0) is 23.3 Å². The van der Waals surface area contributed by atoms with E-state index in [4.69, 9.17) is 0 Å². The normalized spacial score (nSPS) is 12.8. The van der Waals surface area contributed by atoms with Crippen molar-refractivity contribution in [2.45, 2.75) is 12.5 Å². The molecule has 3 nitrogen and oxygen atoms in total. The van der Waals surface area contributed by atoms with Crippen LogP contribution in [-0.4, -0.2) is 16.0 Å². The maximum atomic E-state index is 13.4. The number of carbonyl (C=O) groups is 1. The summed E-state index contributed by atoms with van der Waals surface area (Å²) < 4.78 is 0.846. The van der Waals surface area contributed by atoms with Crippen LogP contribution < -0.4 is 0 Å². The zero-order valence-corrected chi connectivity index (χ0v) is 16.2. The topological polar surface area (TPSA) is 57.5 Å². The van der Waals surface area contributed by atoms with E-state index in [1.165, 1.54) is 11.3 Å². The lowest BCUT2D eigenvalue weighted by Crippen LogP contribution is -2.39. The van der Waals surface area contributed by atoms with E-state index in [0.29, 0.717) is 16.5 Å². The molecule has 0 spiro atoms. The third-order valence-electron chi connectivity index (χ3n) is 5.24. The number of Topliss-reactive ketones (excluding diaryl/α,β-unsaturated/α-hetero) is 1. The van der Waals surface area contributed by atoms with Crippen LogP contribution in [0.15, 0.2) is 84.9 Å². The molecule has 4 rings (SSSR count). The molecule has 140 valence electrons. The minimum absolute atomic E-state index is 0.0130. The van der Waals surface area contributed by atoms with E-state index in [1.54, 1.807) is 13.0 Å². The van der Waals surface area contributed by atoms with E-state index in [0.717, 1.165) is 4.70 Å². The van der Waals surface area contributed by atoms with Crippen LogP contribution in [-0.2, 0) is 5.60 Å². The molecule has 0 bridgehead atoms. The van der Waals surface area contributed by atoms with Crippen molar-refractivity contribution in [2.75, 3.05) is 0 Å². The molecule has 1 heterocycles. The minimum atomic E-state index is -1.51. The molecule has 0 aliphatic rings. The molecular formula is C24H20O3S. The average molecular weight is 388 g/mol. The van der Waals surface area contributed by atoms with Gasteiger partial charge in [0.15, 0.2) is 5.78 Å². The fourth-order valence-corrected chi connectivity index (χ4v) is 4.76. The van der Waals surface area contributed by atoms with Gasteiger partial charge in [-0.1, -0.05) is 79.7 Å². The third kappa shape index (κ3) is 2.91. The monoisotopic (exact) mass is 388 g/mol. The number of benzene rings is 3. The van der Waals surface area contributed by atoms with Crippen molar-refractivity contribution in [3.8, 4) is 5.75 Å². The van der Waals surface area contributed by atoms with Gasteiger partial charge in [0.05, 0.1) is 5.92 Å². The predicted octanol–water partition coefficient (Wildman–Crippen LogP) is 5.36. The second-order valence-electron chi connectivity index (χ2n) is 6.86. The quantitative estimate of drug-likeness (QED) is 0.452. The molecular weight excluding hydrogens is 368 g/mol. The highest BCUT2D eigenvalue weighted by Crippen LogP contribution is 2.43. The van der Waals surface area contributed by atoms with E-state index in [2.05, 4.69) is 0 Å². The van der Waals surface area contributed by atoms with Gasteiger partial charge in [-0.25, -0.2) is 0 Å². The first-order valence-electron chi connectivity index (χ1n) is 9.11. The van der Waals surface area contributed by atoms with Crippen LogP contribution in [0.2, 0.25) is 0 Å². The lowest BCUT2D eigenvalue weighted by Gasteiger charge is -2.34. The standard InChI is InChI=1S/C24H20O3S/c1-16(21(25)23-22(26)19-14-8-9-15-20(19)28-23)24(27,17-10-4-2-5-11-17)18-12-6-3-7-13-18/h2-16,26-27H,1H3. The summed E-state index contributed by atoms with van der Waals surface area (Å²) in [7, 11) is 0. The highest BCUT2D eigenvalue weighted by Gasteiger charge is 2.42. The van der Waals surface area contributed by atoms with E-state index < -0.39 is 11.5 Å². The van der Waals surface area contributed by atoms with Crippen LogP contribution in [0.25, 0.3) is 10.1 Å². The van der Waals surface area contributed by atoms with Gasteiger partial charge in [0.1, 0.15) is 16.2 Å². The molecule has 1 atom stereocenters. The van der Waals surface area contributed by atoms with Gasteiger partial charge in [0, 0.05) is 10.1 Å². The Morgan fingerprint density at radius 1 is 0.857 bits per heavy atom. The number of fused-ring (bicyclic) bond motifs is 1. The van der Waals surface area contributed by atoms with Crippen molar-refractivity contribution in [3.63, 3.8) is 0 Å². The van der Waals surface area contributed by atoms with Crippen LogP contribution in [0.1, 0.15) is 27.7 Å². The molecule has 0 saturated heterocycles. The Hall–Kier alpha value is -2.95. The molecule has 0 radical (unpaired) electrons. The average Bonchev–Trinajstić information content (AvgIpc) is 3.10. The molecule has 1 unspecified atom stereocenters. The van der Waals surface area contributed by atoms with Crippen LogP contribution in [0, 0.1) is 5.92 Å². The molecule has 2 N–H and O–H groups in total. The first-order chi connectivity index (χ1) is 13.5. The number of thiophene rings is 1. The molecule has 0 aliphatic heterocycles. The molecule has 4 heteroatoms. The Morgan fingerprint density at radius 2 is 1.36 bits per heavy atom. The molecule has 0 saturated carbocycles. The summed E-state index contributed by atoms with van der Waals surface area (Å²) in [6.07, 6.45) is 0. The van der Waals surface area contributed by atoms with Gasteiger partial charge in [-0.3, -0.25) is 4.79 Å². The number of aliphatic hydroxyl groups is 1. The molecule has 0 aliphatic carbocycles. The molecule has 1 aromatic heterocycles. The third-order valence-corrected chi connectivity index (χ3v) is 6.42. The molecule has 4 aromatic rings. The number of ketones is 1. The van der Waals surface area contributed by atoms with Crippen LogP contribution >= 0.6 is 11.3 Å². The lowest BCUT2D eigenvalue weighted by molar-refractivity contribution is 0.0244. The van der Waals surface area contributed by atoms with Crippen molar-refractivity contribution in [1.29, 1.82) is 0 Å². The Bertz CT molecular complexity index is 1080. The minimum Gasteiger partial charge on any atom is -0.506 e. The van der Waals surface area contributed by atoms with E-state index in [-0.39, 0.29) is 16.4 Å². The second-order valence-corrected chi connectivity index (χ2v) is 7.91. The highest BCUT2D eigenvalue weighted by molar-refractivity contribution is 7.21. The highest BCUT2D eigenvalue weighted by atomic mass is 32.1. The predicted molar refractivity (Wildman–Crippen MR) is 113 cm³/mol. The largest absolute Gasteiger partial charge is 0.506 e. The summed E-state index contributed by atoms with van der Waals surface area (Å²) in [5.74, 6) is -1.09. The SMILES string of the molecule is CC(C(=O)c1sc2ccccc2c1O)C(O)(c1ccccc1)c1ccccc1. The molecule has 28 heavy (non-hydrogen) atoms. The number of aromatic hydroxyl groups is 1. The van der Waals surface area contributed by atoms with Gasteiger partial charge in [0.2, 0.25) is 0 Å². The number of hydrogen-bond donors (Lipinski definition) is 2. The van der Waals surface area contributed by atoms with Gasteiger partial charge in [-0.2, -0.15) is 0 Å². The molecule has 0 amide bonds. The van der Waals surface area contributed by atoms with Crippen molar-refractivity contribution in [3.05, 3.63) is 101 Å².